The Bertz CT molecular complexity index is 804. The summed E-state index contributed by atoms with van der Waals surface area (Å²) < 4.78 is 5.90. The second-order valence-electron chi connectivity index (χ2n) is 4.60. The number of halogens is 2. The Labute approximate surface area is 142 Å². The van der Waals surface area contributed by atoms with Gasteiger partial charge in [-0.1, -0.05) is 41.4 Å². The van der Waals surface area contributed by atoms with Crippen LogP contribution < -0.4 is 10.5 Å². The van der Waals surface area contributed by atoms with Gasteiger partial charge in [0.05, 0.1) is 15.7 Å². The third-order valence-electron chi connectivity index (χ3n) is 3.06. The molecule has 0 amide bonds. The van der Waals surface area contributed by atoms with E-state index in [1.807, 2.05) is 35.7 Å². The van der Waals surface area contributed by atoms with Crippen LogP contribution >= 0.6 is 34.5 Å². The molecular formula is C16H12Cl2N2OS. The molecule has 0 saturated carbocycles. The predicted molar refractivity (Wildman–Crippen MR) is 92.8 cm³/mol. The highest BCUT2D eigenvalue weighted by Crippen LogP contribution is 2.32. The molecule has 0 saturated heterocycles. The van der Waals surface area contributed by atoms with Crippen LogP contribution in [0.15, 0.2) is 47.8 Å². The zero-order valence-electron chi connectivity index (χ0n) is 11.4. The molecule has 0 bridgehead atoms. The fourth-order valence-electron chi connectivity index (χ4n) is 2.01. The summed E-state index contributed by atoms with van der Waals surface area (Å²) >= 11 is 13.3. The van der Waals surface area contributed by atoms with Gasteiger partial charge in [-0.2, -0.15) is 0 Å². The van der Waals surface area contributed by atoms with E-state index in [2.05, 4.69) is 4.98 Å². The summed E-state index contributed by atoms with van der Waals surface area (Å²) in [6, 6.07) is 13.2. The van der Waals surface area contributed by atoms with Crippen molar-refractivity contribution in [2.75, 3.05) is 5.73 Å². The number of hydrogen-bond acceptors (Lipinski definition) is 4. The number of nitrogens with zero attached hydrogens (tertiary/aromatic N) is 1. The minimum Gasteiger partial charge on any atom is -0.488 e. The van der Waals surface area contributed by atoms with E-state index >= 15 is 0 Å². The summed E-state index contributed by atoms with van der Waals surface area (Å²) in [5, 5.41) is 3.50. The van der Waals surface area contributed by atoms with Gasteiger partial charge in [-0.3, -0.25) is 0 Å². The number of thiazole rings is 1. The maximum Gasteiger partial charge on any atom is 0.180 e. The molecule has 0 spiro atoms. The Kier molecular flexibility index (Phi) is 4.52. The fraction of sp³-hybridized carbons (Fsp3) is 0.0625. The molecule has 22 heavy (non-hydrogen) atoms. The largest absolute Gasteiger partial charge is 0.488 e. The van der Waals surface area contributed by atoms with Crippen LogP contribution in [-0.4, -0.2) is 4.98 Å². The third kappa shape index (κ3) is 3.35. The molecule has 2 aromatic carbocycles. The van der Waals surface area contributed by atoms with E-state index in [1.54, 1.807) is 12.1 Å². The van der Waals surface area contributed by atoms with Crippen molar-refractivity contribution in [3.05, 3.63) is 63.5 Å². The smallest absolute Gasteiger partial charge is 0.180 e. The molecule has 0 unspecified atom stereocenters. The zero-order chi connectivity index (χ0) is 15.5. The predicted octanol–water partition coefficient (Wildman–Crippen LogP) is 5.28. The molecule has 3 nitrogen and oxygen atoms in total. The van der Waals surface area contributed by atoms with E-state index in [0.717, 1.165) is 22.6 Å². The number of anilines is 1. The third-order valence-corrected chi connectivity index (χ3v) is 4.48. The van der Waals surface area contributed by atoms with Gasteiger partial charge in [0.15, 0.2) is 5.13 Å². The second-order valence-corrected chi connectivity index (χ2v) is 6.31. The first-order valence-corrected chi connectivity index (χ1v) is 8.14. The Hall–Kier alpha value is -1.75. The van der Waals surface area contributed by atoms with Crippen LogP contribution in [0.3, 0.4) is 0 Å². The van der Waals surface area contributed by atoms with Gasteiger partial charge in [-0.25, -0.2) is 4.98 Å². The highest BCUT2D eigenvalue weighted by molar-refractivity contribution is 7.13. The summed E-state index contributed by atoms with van der Waals surface area (Å²) in [5.74, 6) is 0.749. The van der Waals surface area contributed by atoms with Gasteiger partial charge < -0.3 is 10.5 Å². The summed E-state index contributed by atoms with van der Waals surface area (Å²) in [5.41, 5.74) is 8.37. The molecule has 1 heterocycles. The molecule has 2 N–H and O–H groups in total. The monoisotopic (exact) mass is 350 g/mol. The first-order chi connectivity index (χ1) is 10.6. The Morgan fingerprint density at radius 1 is 1.09 bits per heavy atom. The van der Waals surface area contributed by atoms with E-state index < -0.39 is 0 Å². The number of rotatable bonds is 4. The molecule has 6 heteroatoms. The lowest BCUT2D eigenvalue weighted by molar-refractivity contribution is 0.307. The van der Waals surface area contributed by atoms with Crippen LogP contribution in [0.1, 0.15) is 5.56 Å². The van der Waals surface area contributed by atoms with Crippen molar-refractivity contribution in [1.82, 2.24) is 4.98 Å². The van der Waals surface area contributed by atoms with Crippen molar-refractivity contribution in [3.63, 3.8) is 0 Å². The number of nitrogens with two attached hydrogens (primary N) is 1. The standard InChI is InChI=1S/C16H12Cl2N2OS/c17-12-6-5-10(7-13(12)18)8-21-15-4-2-1-3-11(15)14-9-22-16(19)20-14/h1-7,9H,8H2,(H2,19,20). The number of nitrogen functional groups attached to an aromatic ring is 1. The van der Waals surface area contributed by atoms with Crippen LogP contribution in [-0.2, 0) is 6.61 Å². The molecule has 3 rings (SSSR count). The first kappa shape index (κ1) is 15.2. The molecule has 0 aliphatic heterocycles. The summed E-state index contributed by atoms with van der Waals surface area (Å²) in [6.45, 7) is 0.396. The summed E-state index contributed by atoms with van der Waals surface area (Å²) in [7, 11) is 0. The lowest BCUT2D eigenvalue weighted by Crippen LogP contribution is -1.97. The second kappa shape index (κ2) is 6.57. The maximum atomic E-state index is 6.02. The van der Waals surface area contributed by atoms with Gasteiger partial charge in [-0.05, 0) is 29.8 Å². The SMILES string of the molecule is Nc1nc(-c2ccccc2OCc2ccc(Cl)c(Cl)c2)cs1. The number of benzene rings is 2. The van der Waals surface area contributed by atoms with Gasteiger partial charge in [0.25, 0.3) is 0 Å². The summed E-state index contributed by atoms with van der Waals surface area (Å²) in [6.07, 6.45) is 0. The molecule has 3 aromatic rings. The van der Waals surface area contributed by atoms with Crippen molar-refractivity contribution in [3.8, 4) is 17.0 Å². The molecule has 0 aliphatic carbocycles. The van der Waals surface area contributed by atoms with E-state index in [0.29, 0.717) is 21.8 Å². The maximum absolute atomic E-state index is 6.02. The van der Waals surface area contributed by atoms with Gasteiger partial charge in [0, 0.05) is 10.9 Å². The van der Waals surface area contributed by atoms with Gasteiger partial charge >= 0.3 is 0 Å². The lowest BCUT2D eigenvalue weighted by Gasteiger charge is -2.10. The molecule has 0 atom stereocenters. The normalized spacial score (nSPS) is 10.6. The van der Waals surface area contributed by atoms with E-state index in [9.17, 15) is 0 Å². The van der Waals surface area contributed by atoms with Crippen molar-refractivity contribution < 1.29 is 4.74 Å². The fourth-order valence-corrected chi connectivity index (χ4v) is 2.89. The molecular weight excluding hydrogens is 339 g/mol. The number of aromatic nitrogens is 1. The summed E-state index contributed by atoms with van der Waals surface area (Å²) in [4.78, 5) is 4.30. The van der Waals surface area contributed by atoms with Crippen LogP contribution in [0.4, 0.5) is 5.13 Å². The van der Waals surface area contributed by atoms with Crippen LogP contribution in [0.2, 0.25) is 10.0 Å². The first-order valence-electron chi connectivity index (χ1n) is 6.50. The lowest BCUT2D eigenvalue weighted by atomic mass is 10.1. The van der Waals surface area contributed by atoms with Gasteiger partial charge in [0.2, 0.25) is 0 Å². The highest BCUT2D eigenvalue weighted by Gasteiger charge is 2.09. The van der Waals surface area contributed by atoms with E-state index in [4.69, 9.17) is 33.7 Å². The van der Waals surface area contributed by atoms with E-state index in [-0.39, 0.29) is 0 Å². The highest BCUT2D eigenvalue weighted by atomic mass is 35.5. The minimum atomic E-state index is 0.396. The molecule has 0 radical (unpaired) electrons. The number of para-hydroxylation sites is 1. The van der Waals surface area contributed by atoms with Crippen molar-refractivity contribution >= 4 is 39.7 Å². The quantitative estimate of drug-likeness (QED) is 0.696. The van der Waals surface area contributed by atoms with Crippen molar-refractivity contribution in [2.24, 2.45) is 0 Å². The Balaban J connectivity index is 1.82. The van der Waals surface area contributed by atoms with Gasteiger partial charge in [0.1, 0.15) is 12.4 Å². The molecule has 112 valence electrons. The van der Waals surface area contributed by atoms with Crippen molar-refractivity contribution in [2.45, 2.75) is 6.61 Å². The molecule has 1 aromatic heterocycles. The van der Waals surface area contributed by atoms with E-state index in [1.165, 1.54) is 11.3 Å². The topological polar surface area (TPSA) is 48.1 Å². The Morgan fingerprint density at radius 2 is 1.91 bits per heavy atom. The average Bonchev–Trinajstić information content (AvgIpc) is 2.95. The molecule has 0 fully saturated rings. The van der Waals surface area contributed by atoms with Crippen molar-refractivity contribution in [1.29, 1.82) is 0 Å². The van der Waals surface area contributed by atoms with Crippen LogP contribution in [0.5, 0.6) is 5.75 Å². The average molecular weight is 351 g/mol. The minimum absolute atomic E-state index is 0.396. The number of ether oxygens (including phenoxy) is 1. The van der Waals surface area contributed by atoms with Gasteiger partial charge in [-0.15, -0.1) is 11.3 Å². The Morgan fingerprint density at radius 3 is 2.64 bits per heavy atom. The van der Waals surface area contributed by atoms with Crippen LogP contribution in [0.25, 0.3) is 11.3 Å². The number of hydrogen-bond donors (Lipinski definition) is 1. The molecule has 0 aliphatic rings. The zero-order valence-corrected chi connectivity index (χ0v) is 13.8. The van der Waals surface area contributed by atoms with Crippen LogP contribution in [0, 0.1) is 0 Å².